The molecule has 0 spiro atoms. The van der Waals surface area contributed by atoms with E-state index in [4.69, 9.17) is 10.5 Å². The Hall–Kier alpha value is -2.17. The van der Waals surface area contributed by atoms with Crippen LogP contribution in [0.2, 0.25) is 0 Å². The van der Waals surface area contributed by atoms with Crippen molar-refractivity contribution in [3.63, 3.8) is 0 Å². The molecule has 0 aliphatic rings. The number of phenolic OH excluding ortho intramolecular Hbond substituents is 1. The molecule has 2 aromatic rings. The number of aromatic hydroxyl groups is 1. The predicted molar refractivity (Wildman–Crippen MR) is 70.7 cm³/mol. The summed E-state index contributed by atoms with van der Waals surface area (Å²) in [4.78, 5) is 0. The Balaban J connectivity index is 2.66. The standard InChI is InChI=1S/C13H17N3O2/c1-7(2)8-4-9(10-6-15-16-13(10)14)12(17)11(5-8)18-3/h4-7,17H,1-3H3,(H3,14,15,16). The number of aromatic nitrogens is 2. The second-order valence-electron chi connectivity index (χ2n) is 4.47. The van der Waals surface area contributed by atoms with Crippen molar-refractivity contribution in [2.24, 2.45) is 0 Å². The van der Waals surface area contributed by atoms with Crippen LogP contribution < -0.4 is 10.5 Å². The van der Waals surface area contributed by atoms with Crippen LogP contribution in [-0.4, -0.2) is 22.4 Å². The molecule has 0 saturated heterocycles. The van der Waals surface area contributed by atoms with E-state index in [1.54, 1.807) is 6.20 Å². The van der Waals surface area contributed by atoms with Crippen LogP contribution >= 0.6 is 0 Å². The first kappa shape index (κ1) is 12.3. The summed E-state index contributed by atoms with van der Waals surface area (Å²) < 4.78 is 5.19. The Morgan fingerprint density at radius 3 is 2.56 bits per heavy atom. The van der Waals surface area contributed by atoms with Crippen molar-refractivity contribution < 1.29 is 9.84 Å². The highest BCUT2D eigenvalue weighted by molar-refractivity contribution is 5.80. The topological polar surface area (TPSA) is 84.2 Å². The average Bonchev–Trinajstić information content (AvgIpc) is 2.75. The smallest absolute Gasteiger partial charge is 0.165 e. The molecule has 5 nitrogen and oxygen atoms in total. The van der Waals surface area contributed by atoms with Crippen LogP contribution in [0.1, 0.15) is 25.3 Å². The van der Waals surface area contributed by atoms with Gasteiger partial charge in [0.2, 0.25) is 0 Å². The van der Waals surface area contributed by atoms with E-state index in [1.165, 1.54) is 7.11 Å². The number of ether oxygens (including phenoxy) is 1. The third-order valence-electron chi connectivity index (χ3n) is 2.94. The Kier molecular flexibility index (Phi) is 3.14. The van der Waals surface area contributed by atoms with Gasteiger partial charge in [0.1, 0.15) is 5.82 Å². The lowest BCUT2D eigenvalue weighted by molar-refractivity contribution is 0.374. The number of rotatable bonds is 3. The van der Waals surface area contributed by atoms with Gasteiger partial charge in [-0.15, -0.1) is 0 Å². The lowest BCUT2D eigenvalue weighted by Gasteiger charge is -2.13. The Morgan fingerprint density at radius 1 is 1.33 bits per heavy atom. The Bertz CT molecular complexity index is 561. The maximum Gasteiger partial charge on any atom is 0.165 e. The third-order valence-corrected chi connectivity index (χ3v) is 2.94. The number of phenols is 1. The Labute approximate surface area is 106 Å². The molecule has 0 aliphatic heterocycles. The molecule has 0 aliphatic carbocycles. The van der Waals surface area contributed by atoms with Gasteiger partial charge in [-0.2, -0.15) is 5.10 Å². The third kappa shape index (κ3) is 1.99. The fourth-order valence-corrected chi connectivity index (χ4v) is 1.83. The molecule has 0 unspecified atom stereocenters. The lowest BCUT2D eigenvalue weighted by atomic mass is 9.97. The number of nitrogens with zero attached hydrogens (tertiary/aromatic N) is 1. The second kappa shape index (κ2) is 4.60. The van der Waals surface area contributed by atoms with Gasteiger partial charge in [-0.25, -0.2) is 0 Å². The zero-order valence-electron chi connectivity index (χ0n) is 10.7. The molecule has 5 heteroatoms. The van der Waals surface area contributed by atoms with E-state index >= 15 is 0 Å². The van der Waals surface area contributed by atoms with Crippen LogP contribution in [-0.2, 0) is 0 Å². The van der Waals surface area contributed by atoms with E-state index in [0.29, 0.717) is 28.6 Å². The number of aromatic amines is 1. The van der Waals surface area contributed by atoms with Gasteiger partial charge in [-0.05, 0) is 23.6 Å². The molecule has 18 heavy (non-hydrogen) atoms. The van der Waals surface area contributed by atoms with Crippen LogP contribution in [0.5, 0.6) is 11.5 Å². The molecular formula is C13H17N3O2. The van der Waals surface area contributed by atoms with Crippen LogP contribution in [0.25, 0.3) is 11.1 Å². The maximum atomic E-state index is 10.2. The fraction of sp³-hybridized carbons (Fsp3) is 0.308. The summed E-state index contributed by atoms with van der Waals surface area (Å²) in [5, 5.41) is 16.7. The van der Waals surface area contributed by atoms with Crippen molar-refractivity contribution in [3.05, 3.63) is 23.9 Å². The number of benzene rings is 1. The minimum absolute atomic E-state index is 0.0787. The first-order chi connectivity index (χ1) is 8.54. The van der Waals surface area contributed by atoms with Gasteiger partial charge >= 0.3 is 0 Å². The summed E-state index contributed by atoms with van der Waals surface area (Å²) in [7, 11) is 1.53. The molecule has 0 bridgehead atoms. The zero-order chi connectivity index (χ0) is 13.3. The summed E-state index contributed by atoms with van der Waals surface area (Å²) in [6.45, 7) is 4.16. The van der Waals surface area contributed by atoms with Crippen LogP contribution in [0.4, 0.5) is 5.82 Å². The van der Waals surface area contributed by atoms with E-state index in [2.05, 4.69) is 24.0 Å². The van der Waals surface area contributed by atoms with Gasteiger partial charge in [0.15, 0.2) is 11.5 Å². The highest BCUT2D eigenvalue weighted by Gasteiger charge is 2.16. The molecule has 0 amide bonds. The molecular weight excluding hydrogens is 230 g/mol. The quantitative estimate of drug-likeness (QED) is 0.778. The van der Waals surface area contributed by atoms with Gasteiger partial charge in [-0.1, -0.05) is 13.8 Å². The molecule has 4 N–H and O–H groups in total. The van der Waals surface area contributed by atoms with Crippen LogP contribution in [0.3, 0.4) is 0 Å². The first-order valence-electron chi connectivity index (χ1n) is 5.74. The van der Waals surface area contributed by atoms with Gasteiger partial charge < -0.3 is 15.6 Å². The SMILES string of the molecule is COc1cc(C(C)C)cc(-c2cn[nH]c2N)c1O. The number of hydrogen-bond acceptors (Lipinski definition) is 4. The van der Waals surface area contributed by atoms with Gasteiger partial charge in [0.25, 0.3) is 0 Å². The predicted octanol–water partition coefficient (Wildman–Crippen LogP) is 2.50. The number of anilines is 1. The van der Waals surface area contributed by atoms with Gasteiger partial charge in [0.05, 0.1) is 13.3 Å². The number of nitrogens with one attached hydrogen (secondary N) is 1. The van der Waals surface area contributed by atoms with Crippen LogP contribution in [0, 0.1) is 0 Å². The molecule has 0 atom stereocenters. The minimum Gasteiger partial charge on any atom is -0.504 e. The van der Waals surface area contributed by atoms with Gasteiger partial charge in [-0.3, -0.25) is 5.10 Å². The first-order valence-corrected chi connectivity index (χ1v) is 5.74. The Morgan fingerprint density at radius 2 is 2.06 bits per heavy atom. The van der Waals surface area contributed by atoms with Gasteiger partial charge in [0, 0.05) is 11.1 Å². The van der Waals surface area contributed by atoms with Crippen molar-refractivity contribution in [1.29, 1.82) is 0 Å². The summed E-state index contributed by atoms with van der Waals surface area (Å²) in [5.41, 5.74) is 8.16. The van der Waals surface area contributed by atoms with Crippen molar-refractivity contribution >= 4 is 5.82 Å². The van der Waals surface area contributed by atoms with Crippen molar-refractivity contribution in [3.8, 4) is 22.6 Å². The molecule has 1 aromatic carbocycles. The normalized spacial score (nSPS) is 10.9. The van der Waals surface area contributed by atoms with Crippen molar-refractivity contribution in [2.75, 3.05) is 12.8 Å². The number of nitrogens with two attached hydrogens (primary N) is 1. The van der Waals surface area contributed by atoms with E-state index in [9.17, 15) is 5.11 Å². The largest absolute Gasteiger partial charge is 0.504 e. The fourth-order valence-electron chi connectivity index (χ4n) is 1.83. The molecule has 1 heterocycles. The molecule has 2 rings (SSSR count). The van der Waals surface area contributed by atoms with Crippen molar-refractivity contribution in [1.82, 2.24) is 10.2 Å². The highest BCUT2D eigenvalue weighted by atomic mass is 16.5. The van der Waals surface area contributed by atoms with E-state index < -0.39 is 0 Å². The molecule has 0 fully saturated rings. The molecule has 96 valence electrons. The molecule has 0 radical (unpaired) electrons. The number of nitrogen functional groups attached to an aromatic ring is 1. The highest BCUT2D eigenvalue weighted by Crippen LogP contribution is 2.41. The monoisotopic (exact) mass is 247 g/mol. The lowest BCUT2D eigenvalue weighted by Crippen LogP contribution is -1.94. The number of methoxy groups -OCH3 is 1. The summed E-state index contributed by atoms with van der Waals surface area (Å²) in [6, 6.07) is 3.74. The van der Waals surface area contributed by atoms with E-state index in [0.717, 1.165) is 5.56 Å². The maximum absolute atomic E-state index is 10.2. The zero-order valence-corrected chi connectivity index (χ0v) is 10.7. The number of H-pyrrole nitrogens is 1. The van der Waals surface area contributed by atoms with Crippen molar-refractivity contribution in [2.45, 2.75) is 19.8 Å². The summed E-state index contributed by atoms with van der Waals surface area (Å²) in [5.74, 6) is 1.27. The average molecular weight is 247 g/mol. The molecule has 1 aromatic heterocycles. The minimum atomic E-state index is 0.0787. The van der Waals surface area contributed by atoms with Crippen LogP contribution in [0.15, 0.2) is 18.3 Å². The summed E-state index contributed by atoms with van der Waals surface area (Å²) >= 11 is 0. The summed E-state index contributed by atoms with van der Waals surface area (Å²) in [6.07, 6.45) is 1.59. The molecule has 0 saturated carbocycles. The second-order valence-corrected chi connectivity index (χ2v) is 4.47. The van der Waals surface area contributed by atoms with E-state index in [-0.39, 0.29) is 5.75 Å². The van der Waals surface area contributed by atoms with E-state index in [1.807, 2.05) is 12.1 Å². The number of hydrogen-bond donors (Lipinski definition) is 3.